The summed E-state index contributed by atoms with van der Waals surface area (Å²) >= 11 is 0. The number of alkyl halides is 13. The second-order valence-electron chi connectivity index (χ2n) is 9.68. The molecule has 0 aromatic heterocycles. The maximum absolute atomic E-state index is 14.0. The summed E-state index contributed by atoms with van der Waals surface area (Å²) in [5.41, 5.74) is 11.0. The van der Waals surface area contributed by atoms with Crippen LogP contribution in [0.3, 0.4) is 0 Å². The normalized spacial score (nSPS) is 15.4. The minimum absolute atomic E-state index is 0.220. The Morgan fingerprint density at radius 3 is 1.67 bits per heavy atom. The Kier molecular flexibility index (Phi) is 12.5. The van der Waals surface area contributed by atoms with E-state index in [2.05, 4.69) is 10.1 Å². The fourth-order valence-electron chi connectivity index (χ4n) is 3.33. The fourth-order valence-corrected chi connectivity index (χ4v) is 3.33. The van der Waals surface area contributed by atoms with Gasteiger partial charge in [-0.3, -0.25) is 19.2 Å². The average Bonchev–Trinajstić information content (AvgIpc) is 2.91. The van der Waals surface area contributed by atoms with E-state index < -0.39 is 97.1 Å². The van der Waals surface area contributed by atoms with Crippen LogP contribution >= 0.6 is 0 Å². The number of nitrogens with one attached hydrogen (secondary N) is 2. The van der Waals surface area contributed by atoms with Gasteiger partial charge in [0.25, 0.3) is 0 Å². The Morgan fingerprint density at radius 2 is 1.22 bits per heavy atom. The highest BCUT2D eigenvalue weighted by molar-refractivity contribution is 5.94. The van der Waals surface area contributed by atoms with E-state index in [-0.39, 0.29) is 6.42 Å². The van der Waals surface area contributed by atoms with Crippen molar-refractivity contribution < 1.29 is 81.0 Å². The average molecular weight is 696 g/mol. The molecule has 0 unspecified atom stereocenters. The second kappa shape index (κ2) is 14.3. The summed E-state index contributed by atoms with van der Waals surface area (Å²) < 4.78 is 176. The lowest BCUT2D eigenvalue weighted by Crippen LogP contribution is -2.70. The predicted molar refractivity (Wildman–Crippen MR) is 128 cm³/mol. The molecule has 0 heterocycles. The van der Waals surface area contributed by atoms with Crippen LogP contribution in [0, 0.1) is 0 Å². The highest BCUT2D eigenvalue weighted by atomic mass is 19.4. The first-order chi connectivity index (χ1) is 20.6. The van der Waals surface area contributed by atoms with Crippen molar-refractivity contribution in [3.05, 3.63) is 35.9 Å². The number of hydrogen-bond acceptors (Lipinski definition) is 6. The lowest BCUT2D eigenvalue weighted by Gasteiger charge is -2.39. The van der Waals surface area contributed by atoms with Gasteiger partial charge in [-0.25, -0.2) is 0 Å². The van der Waals surface area contributed by atoms with E-state index in [1.165, 1.54) is 12.1 Å². The minimum atomic E-state index is -8.09. The Bertz CT molecular complexity index is 1240. The molecule has 0 radical (unpaired) electrons. The Morgan fingerprint density at radius 1 is 0.739 bits per heavy atom. The van der Waals surface area contributed by atoms with E-state index in [0.29, 0.717) is 5.56 Å². The van der Waals surface area contributed by atoms with Crippen LogP contribution in [0.4, 0.5) is 57.1 Å². The molecule has 0 saturated carbocycles. The molecule has 9 nitrogen and oxygen atoms in total. The van der Waals surface area contributed by atoms with Crippen LogP contribution in [0.25, 0.3) is 0 Å². The largest absolute Gasteiger partial charge is 0.465 e. The first-order valence-electron chi connectivity index (χ1n) is 12.4. The van der Waals surface area contributed by atoms with Crippen molar-refractivity contribution >= 4 is 23.7 Å². The minimum Gasteiger partial charge on any atom is -0.465 e. The van der Waals surface area contributed by atoms with Crippen LogP contribution in [-0.2, 0) is 30.3 Å². The van der Waals surface area contributed by atoms with Crippen LogP contribution in [0.2, 0.25) is 0 Å². The Hall–Kier alpha value is -3.85. The lowest BCUT2D eigenvalue weighted by molar-refractivity contribution is -0.440. The van der Waals surface area contributed by atoms with Gasteiger partial charge in [0.1, 0.15) is 12.1 Å². The molecule has 0 aliphatic rings. The third kappa shape index (κ3) is 8.69. The van der Waals surface area contributed by atoms with Gasteiger partial charge in [0, 0.05) is 6.42 Å². The van der Waals surface area contributed by atoms with E-state index in [0.717, 1.165) is 6.92 Å². The lowest BCUT2D eigenvalue weighted by atomic mass is 9.93. The number of benzene rings is 1. The Labute approximate surface area is 250 Å². The molecule has 0 fully saturated rings. The molecule has 46 heavy (non-hydrogen) atoms. The summed E-state index contributed by atoms with van der Waals surface area (Å²) in [6, 6.07) is 2.88. The first-order valence-corrected chi connectivity index (χ1v) is 12.4. The summed E-state index contributed by atoms with van der Waals surface area (Å²) in [7, 11) is 0. The zero-order valence-electron chi connectivity index (χ0n) is 23.1. The van der Waals surface area contributed by atoms with Gasteiger partial charge < -0.3 is 26.8 Å². The maximum atomic E-state index is 14.0. The van der Waals surface area contributed by atoms with Crippen molar-refractivity contribution in [3.8, 4) is 0 Å². The van der Waals surface area contributed by atoms with Gasteiger partial charge in [0.2, 0.25) is 17.7 Å². The van der Waals surface area contributed by atoms with Crippen LogP contribution < -0.4 is 22.1 Å². The molecule has 1 aromatic carbocycles. The van der Waals surface area contributed by atoms with E-state index in [1.807, 2.05) is 5.32 Å². The monoisotopic (exact) mass is 696 g/mol. The standard InChI is InChI=1S/C24H25F13N4O5/c1-11(38)17(44)41-14(18(45)40-13(16(39)43)9-12-5-3-2-4-6-12)10-15(42)46-8-7-19(25,26)20(27,28)21(29,30)22(31,32)23(33,34)24(35,36)37/h2-6,11,13-14H,7-10,38H2,1H3,(H2,39,43)(H,40,45)(H,41,44)/t11-,13-,14-/m0/s1. The molecule has 1 rings (SSSR count). The number of amides is 3. The van der Waals surface area contributed by atoms with E-state index in [4.69, 9.17) is 11.5 Å². The third-order valence-electron chi connectivity index (χ3n) is 6.04. The summed E-state index contributed by atoms with van der Waals surface area (Å²) in [6.45, 7) is -0.984. The summed E-state index contributed by atoms with van der Waals surface area (Å²) in [6.07, 6.45) is -12.0. The zero-order valence-corrected chi connectivity index (χ0v) is 23.1. The van der Waals surface area contributed by atoms with Crippen LogP contribution in [-0.4, -0.2) is 84.2 Å². The van der Waals surface area contributed by atoms with E-state index in [9.17, 15) is 76.3 Å². The Balaban J connectivity index is 3.08. The molecule has 3 amide bonds. The molecule has 0 spiro atoms. The van der Waals surface area contributed by atoms with Crippen molar-refractivity contribution in [3.63, 3.8) is 0 Å². The quantitative estimate of drug-likeness (QED) is 0.154. The highest BCUT2D eigenvalue weighted by Gasteiger charge is 2.90. The van der Waals surface area contributed by atoms with Gasteiger partial charge in [-0.2, -0.15) is 57.1 Å². The van der Waals surface area contributed by atoms with Gasteiger partial charge in [0.05, 0.1) is 25.5 Å². The molecule has 3 atom stereocenters. The first kappa shape index (κ1) is 40.2. The second-order valence-corrected chi connectivity index (χ2v) is 9.68. The number of halogens is 13. The molecule has 6 N–H and O–H groups in total. The number of carbonyl (C=O) groups excluding carboxylic acids is 4. The third-order valence-corrected chi connectivity index (χ3v) is 6.04. The van der Waals surface area contributed by atoms with Gasteiger partial charge in [-0.15, -0.1) is 0 Å². The van der Waals surface area contributed by atoms with Gasteiger partial charge in [-0.1, -0.05) is 30.3 Å². The number of primary amides is 1. The molecule has 0 bridgehead atoms. The molecule has 1 aromatic rings. The maximum Gasteiger partial charge on any atom is 0.460 e. The SMILES string of the molecule is C[C@H](N)C(=O)N[C@@H](CC(=O)OCCC(F)(F)C(F)(F)C(F)(F)C(F)(F)C(F)(F)C(F)(F)F)C(=O)N[C@@H](Cc1ccccc1)C(N)=O. The van der Waals surface area contributed by atoms with Crippen molar-refractivity contribution in [2.24, 2.45) is 11.5 Å². The number of carbonyl (C=O) groups is 4. The number of hydrogen-bond donors (Lipinski definition) is 4. The van der Waals surface area contributed by atoms with Crippen LogP contribution in [0.1, 0.15) is 25.3 Å². The number of rotatable bonds is 16. The van der Waals surface area contributed by atoms with Gasteiger partial charge >= 0.3 is 41.8 Å². The number of nitrogens with two attached hydrogens (primary N) is 2. The van der Waals surface area contributed by atoms with Gasteiger partial charge in [-0.05, 0) is 12.5 Å². The number of esters is 1. The summed E-state index contributed by atoms with van der Waals surface area (Å²) in [5.74, 6) is -43.5. The van der Waals surface area contributed by atoms with Gasteiger partial charge in [0.15, 0.2) is 0 Å². The van der Waals surface area contributed by atoms with Crippen LogP contribution in [0.5, 0.6) is 0 Å². The number of ether oxygens (including phenoxy) is 1. The molecule has 0 saturated heterocycles. The molecular formula is C24H25F13N4O5. The topological polar surface area (TPSA) is 154 Å². The van der Waals surface area contributed by atoms with E-state index in [1.54, 1.807) is 18.2 Å². The van der Waals surface area contributed by atoms with Crippen molar-refractivity contribution in [2.75, 3.05) is 6.61 Å². The molecule has 0 aliphatic carbocycles. The molecule has 0 aliphatic heterocycles. The van der Waals surface area contributed by atoms with Crippen molar-refractivity contribution in [2.45, 2.75) is 80.1 Å². The fraction of sp³-hybridized carbons (Fsp3) is 0.583. The van der Waals surface area contributed by atoms with Crippen molar-refractivity contribution in [1.29, 1.82) is 0 Å². The molecular weight excluding hydrogens is 671 g/mol. The predicted octanol–water partition coefficient (Wildman–Crippen LogP) is 3.09. The molecule has 22 heteroatoms. The summed E-state index contributed by atoms with van der Waals surface area (Å²) in [4.78, 5) is 48.8. The van der Waals surface area contributed by atoms with E-state index >= 15 is 0 Å². The highest BCUT2D eigenvalue weighted by Crippen LogP contribution is 2.60. The smallest absolute Gasteiger partial charge is 0.460 e. The summed E-state index contributed by atoms with van der Waals surface area (Å²) in [5, 5.41) is 3.98. The van der Waals surface area contributed by atoms with Crippen molar-refractivity contribution in [1.82, 2.24) is 10.6 Å². The van der Waals surface area contributed by atoms with Crippen LogP contribution in [0.15, 0.2) is 30.3 Å². The zero-order chi connectivity index (χ0) is 36.1. The molecule has 262 valence electrons.